The molecular formula is C16H23NO2. The highest BCUT2D eigenvalue weighted by molar-refractivity contribution is 5.39. The fourth-order valence-corrected chi connectivity index (χ4v) is 3.46. The van der Waals surface area contributed by atoms with Gasteiger partial charge in [-0.15, -0.1) is 0 Å². The molecule has 0 saturated carbocycles. The van der Waals surface area contributed by atoms with E-state index in [-0.39, 0.29) is 6.10 Å². The topological polar surface area (TPSA) is 32.7 Å². The number of likely N-dealkylation sites (tertiary alicyclic amines) is 1. The minimum atomic E-state index is -0.197. The molecule has 104 valence electrons. The molecule has 2 heterocycles. The first-order valence-electron chi connectivity index (χ1n) is 7.38. The Morgan fingerprint density at radius 3 is 3.11 bits per heavy atom. The molecule has 3 rings (SSSR count). The number of fused-ring (bicyclic) bond motifs is 1. The summed E-state index contributed by atoms with van der Waals surface area (Å²) in [6.45, 7) is 4.92. The van der Waals surface area contributed by atoms with E-state index in [9.17, 15) is 5.11 Å². The van der Waals surface area contributed by atoms with Crippen LogP contribution in [0.2, 0.25) is 0 Å². The maximum Gasteiger partial charge on any atom is 0.122 e. The predicted octanol–water partition coefficient (Wildman–Crippen LogP) is 2.40. The predicted molar refractivity (Wildman–Crippen MR) is 75.6 cm³/mol. The van der Waals surface area contributed by atoms with Crippen LogP contribution in [0.1, 0.15) is 37.7 Å². The third-order valence-electron chi connectivity index (χ3n) is 4.37. The zero-order valence-corrected chi connectivity index (χ0v) is 11.6. The van der Waals surface area contributed by atoms with Crippen LogP contribution in [0, 0.1) is 0 Å². The molecule has 1 saturated heterocycles. The van der Waals surface area contributed by atoms with Crippen molar-refractivity contribution in [1.29, 1.82) is 0 Å². The Labute approximate surface area is 115 Å². The molecule has 0 aliphatic carbocycles. The van der Waals surface area contributed by atoms with Crippen LogP contribution >= 0.6 is 0 Å². The van der Waals surface area contributed by atoms with E-state index in [4.69, 9.17) is 4.74 Å². The van der Waals surface area contributed by atoms with Crippen LogP contribution in [0.25, 0.3) is 0 Å². The number of aliphatic hydroxyl groups is 1. The molecular weight excluding hydrogens is 238 g/mol. The van der Waals surface area contributed by atoms with Crippen LogP contribution in [0.5, 0.6) is 5.75 Å². The Hall–Kier alpha value is -1.06. The average Bonchev–Trinajstić information content (AvgIpc) is 2.98. The molecule has 0 amide bonds. The number of aliphatic hydroxyl groups excluding tert-OH is 1. The van der Waals surface area contributed by atoms with Gasteiger partial charge >= 0.3 is 0 Å². The molecule has 19 heavy (non-hydrogen) atoms. The van der Waals surface area contributed by atoms with Gasteiger partial charge in [0, 0.05) is 24.1 Å². The summed E-state index contributed by atoms with van der Waals surface area (Å²) in [6.07, 6.45) is 3.18. The molecule has 0 radical (unpaired) electrons. The van der Waals surface area contributed by atoms with Gasteiger partial charge in [0.1, 0.15) is 5.75 Å². The van der Waals surface area contributed by atoms with Crippen molar-refractivity contribution >= 4 is 0 Å². The molecule has 1 fully saturated rings. The summed E-state index contributed by atoms with van der Waals surface area (Å²) < 4.78 is 5.76. The first kappa shape index (κ1) is 12.9. The van der Waals surface area contributed by atoms with E-state index >= 15 is 0 Å². The monoisotopic (exact) mass is 261 g/mol. The van der Waals surface area contributed by atoms with Gasteiger partial charge in [0.25, 0.3) is 0 Å². The fraction of sp³-hybridized carbons (Fsp3) is 0.625. The normalized spacial score (nSPS) is 28.1. The Bertz CT molecular complexity index is 433. The first-order valence-corrected chi connectivity index (χ1v) is 7.38. The molecule has 2 aliphatic heterocycles. The van der Waals surface area contributed by atoms with Gasteiger partial charge in [-0.1, -0.05) is 18.2 Å². The summed E-state index contributed by atoms with van der Waals surface area (Å²) >= 11 is 0. The molecule has 2 aliphatic rings. The lowest BCUT2D eigenvalue weighted by Gasteiger charge is -2.27. The van der Waals surface area contributed by atoms with Crippen LogP contribution in [-0.4, -0.2) is 41.8 Å². The van der Waals surface area contributed by atoms with Gasteiger partial charge in [0.05, 0.1) is 12.7 Å². The standard InChI is InChI=1S/C16H23NO2/c1-12(18)9-14-5-4-8-17(14)10-13-11-19-16-7-3-2-6-15(13)16/h2-3,6-7,12-14,18H,4-5,8-11H2,1H3. The minimum absolute atomic E-state index is 0.197. The summed E-state index contributed by atoms with van der Waals surface area (Å²) in [5, 5.41) is 9.60. The number of ether oxygens (including phenoxy) is 1. The summed E-state index contributed by atoms with van der Waals surface area (Å²) in [5.74, 6) is 1.55. The van der Waals surface area contributed by atoms with Crippen molar-refractivity contribution in [2.45, 2.75) is 44.2 Å². The summed E-state index contributed by atoms with van der Waals surface area (Å²) in [4.78, 5) is 2.54. The highest BCUT2D eigenvalue weighted by atomic mass is 16.5. The molecule has 0 bridgehead atoms. The minimum Gasteiger partial charge on any atom is -0.493 e. The Morgan fingerprint density at radius 2 is 2.26 bits per heavy atom. The summed E-state index contributed by atoms with van der Waals surface area (Å²) in [7, 11) is 0. The van der Waals surface area contributed by atoms with Crippen LogP contribution < -0.4 is 4.74 Å². The van der Waals surface area contributed by atoms with E-state index in [0.29, 0.717) is 12.0 Å². The number of hydrogen-bond acceptors (Lipinski definition) is 3. The first-order chi connectivity index (χ1) is 9.24. The highest BCUT2D eigenvalue weighted by Crippen LogP contribution is 2.35. The second-order valence-corrected chi connectivity index (χ2v) is 5.92. The van der Waals surface area contributed by atoms with Crippen molar-refractivity contribution in [3.8, 4) is 5.75 Å². The Kier molecular flexibility index (Phi) is 3.76. The second-order valence-electron chi connectivity index (χ2n) is 5.92. The molecule has 0 aromatic heterocycles. The van der Waals surface area contributed by atoms with Crippen molar-refractivity contribution in [2.75, 3.05) is 19.7 Å². The second kappa shape index (κ2) is 5.51. The van der Waals surface area contributed by atoms with Crippen molar-refractivity contribution in [3.63, 3.8) is 0 Å². The number of rotatable bonds is 4. The van der Waals surface area contributed by atoms with Crippen molar-refractivity contribution < 1.29 is 9.84 Å². The van der Waals surface area contributed by atoms with E-state index in [1.54, 1.807) is 0 Å². The molecule has 3 nitrogen and oxygen atoms in total. The smallest absolute Gasteiger partial charge is 0.122 e. The quantitative estimate of drug-likeness (QED) is 0.903. The SMILES string of the molecule is CC(O)CC1CCCN1CC1COc2ccccc21. The van der Waals surface area contributed by atoms with E-state index in [2.05, 4.69) is 23.1 Å². The molecule has 0 spiro atoms. The highest BCUT2D eigenvalue weighted by Gasteiger charge is 2.31. The third-order valence-corrected chi connectivity index (χ3v) is 4.37. The van der Waals surface area contributed by atoms with Crippen LogP contribution in [0.3, 0.4) is 0 Å². The van der Waals surface area contributed by atoms with Gasteiger partial charge in [0.2, 0.25) is 0 Å². The Morgan fingerprint density at radius 1 is 1.42 bits per heavy atom. The van der Waals surface area contributed by atoms with E-state index < -0.39 is 0 Å². The Balaban J connectivity index is 1.66. The lowest BCUT2D eigenvalue weighted by molar-refractivity contribution is 0.128. The number of para-hydroxylation sites is 1. The van der Waals surface area contributed by atoms with Crippen LogP contribution in [0.15, 0.2) is 24.3 Å². The van der Waals surface area contributed by atoms with E-state index in [1.165, 1.54) is 18.4 Å². The third kappa shape index (κ3) is 2.77. The molecule has 3 unspecified atom stereocenters. The maximum atomic E-state index is 9.60. The van der Waals surface area contributed by atoms with Gasteiger partial charge < -0.3 is 9.84 Å². The number of hydrogen-bond donors (Lipinski definition) is 1. The largest absolute Gasteiger partial charge is 0.493 e. The van der Waals surface area contributed by atoms with E-state index in [1.807, 2.05) is 13.0 Å². The summed E-state index contributed by atoms with van der Waals surface area (Å²) in [6, 6.07) is 8.93. The van der Waals surface area contributed by atoms with Gasteiger partial charge in [0.15, 0.2) is 0 Å². The van der Waals surface area contributed by atoms with Crippen LogP contribution in [0.4, 0.5) is 0 Å². The van der Waals surface area contributed by atoms with Gasteiger partial charge in [-0.25, -0.2) is 0 Å². The maximum absolute atomic E-state index is 9.60. The average molecular weight is 261 g/mol. The van der Waals surface area contributed by atoms with Crippen molar-refractivity contribution in [1.82, 2.24) is 4.90 Å². The molecule has 3 atom stereocenters. The fourth-order valence-electron chi connectivity index (χ4n) is 3.46. The molecule has 3 heteroatoms. The molecule has 1 aromatic carbocycles. The zero-order chi connectivity index (χ0) is 13.2. The molecule has 1 N–H and O–H groups in total. The van der Waals surface area contributed by atoms with Gasteiger partial charge in [-0.2, -0.15) is 0 Å². The lowest BCUT2D eigenvalue weighted by Crippen LogP contribution is -2.35. The van der Waals surface area contributed by atoms with Gasteiger partial charge in [-0.3, -0.25) is 4.90 Å². The lowest BCUT2D eigenvalue weighted by atomic mass is 9.99. The van der Waals surface area contributed by atoms with Crippen molar-refractivity contribution in [2.24, 2.45) is 0 Å². The number of nitrogens with zero attached hydrogens (tertiary/aromatic N) is 1. The van der Waals surface area contributed by atoms with E-state index in [0.717, 1.165) is 31.9 Å². The molecule has 1 aromatic rings. The zero-order valence-electron chi connectivity index (χ0n) is 11.6. The van der Waals surface area contributed by atoms with Gasteiger partial charge in [-0.05, 0) is 38.8 Å². The van der Waals surface area contributed by atoms with Crippen molar-refractivity contribution in [3.05, 3.63) is 29.8 Å². The summed E-state index contributed by atoms with van der Waals surface area (Å²) in [5.41, 5.74) is 1.35. The van der Waals surface area contributed by atoms with Crippen LogP contribution in [-0.2, 0) is 0 Å². The number of benzene rings is 1.